The lowest BCUT2D eigenvalue weighted by atomic mass is 9.97. The van der Waals surface area contributed by atoms with Crippen molar-refractivity contribution in [3.8, 4) is 12.3 Å². The number of hydrogen-bond acceptors (Lipinski definition) is 0. The average molecular weight is 156 g/mol. The van der Waals surface area contributed by atoms with Crippen molar-refractivity contribution in [2.45, 2.75) is 12.3 Å². The molecule has 0 aliphatic heterocycles. The summed E-state index contributed by atoms with van der Waals surface area (Å²) in [5.41, 5.74) is 1.19. The van der Waals surface area contributed by atoms with Crippen LogP contribution in [0.25, 0.3) is 0 Å². The van der Waals surface area contributed by atoms with E-state index < -0.39 is 0 Å². The summed E-state index contributed by atoms with van der Waals surface area (Å²) in [6.45, 7) is 3.68. The molecule has 1 unspecified atom stereocenters. The van der Waals surface area contributed by atoms with E-state index in [0.29, 0.717) is 0 Å². The molecular formula is C12H12. The van der Waals surface area contributed by atoms with Crippen LogP contribution in [0.5, 0.6) is 0 Å². The molecular weight excluding hydrogens is 144 g/mol. The molecule has 0 saturated carbocycles. The van der Waals surface area contributed by atoms with Crippen LogP contribution in [0.2, 0.25) is 0 Å². The van der Waals surface area contributed by atoms with Gasteiger partial charge in [-0.1, -0.05) is 42.3 Å². The molecule has 0 amide bonds. The molecule has 0 bridgehead atoms. The lowest BCUT2D eigenvalue weighted by molar-refractivity contribution is 0.896. The topological polar surface area (TPSA) is 0 Å². The third-order valence-corrected chi connectivity index (χ3v) is 1.81. The molecule has 0 saturated heterocycles. The van der Waals surface area contributed by atoms with Crippen LogP contribution in [0.3, 0.4) is 0 Å². The summed E-state index contributed by atoms with van der Waals surface area (Å²) in [5.74, 6) is 2.93. The standard InChI is InChI=1S/C12H12/c1-3-8-11(4-2)12-9-6-5-7-10-12/h2-3,5-7,9-11H,1,8H2. The van der Waals surface area contributed by atoms with E-state index in [1.54, 1.807) is 0 Å². The summed E-state index contributed by atoms with van der Waals surface area (Å²) < 4.78 is 0. The first kappa shape index (κ1) is 8.62. The van der Waals surface area contributed by atoms with Gasteiger partial charge in [-0.3, -0.25) is 0 Å². The molecule has 1 aromatic carbocycles. The normalized spacial score (nSPS) is 11.6. The second kappa shape index (κ2) is 4.41. The van der Waals surface area contributed by atoms with Crippen LogP contribution in [0.4, 0.5) is 0 Å². The molecule has 0 N–H and O–H groups in total. The molecule has 60 valence electrons. The Kier molecular flexibility index (Phi) is 3.17. The molecule has 0 radical (unpaired) electrons. The van der Waals surface area contributed by atoms with Gasteiger partial charge in [-0.15, -0.1) is 13.0 Å². The first-order valence-electron chi connectivity index (χ1n) is 4.00. The Labute approximate surface area is 73.9 Å². The van der Waals surface area contributed by atoms with E-state index in [0.717, 1.165) is 6.42 Å². The molecule has 0 nitrogen and oxygen atoms in total. The SMILES string of the molecule is C#CC(CC=C)c1ccccc1. The second-order valence-corrected chi connectivity index (χ2v) is 2.65. The summed E-state index contributed by atoms with van der Waals surface area (Å²) in [4.78, 5) is 0. The smallest absolute Gasteiger partial charge is 0.0483 e. The van der Waals surface area contributed by atoms with Crippen LogP contribution in [0.1, 0.15) is 17.9 Å². The Morgan fingerprint density at radius 3 is 2.58 bits per heavy atom. The molecule has 0 aliphatic carbocycles. The molecule has 1 rings (SSSR count). The largest absolute Gasteiger partial charge is 0.119 e. The Bertz CT molecular complexity index is 277. The van der Waals surface area contributed by atoms with E-state index in [9.17, 15) is 0 Å². The monoisotopic (exact) mass is 156 g/mol. The lowest BCUT2D eigenvalue weighted by Gasteiger charge is -2.06. The Balaban J connectivity index is 2.82. The molecule has 1 atom stereocenters. The van der Waals surface area contributed by atoms with Crippen molar-refractivity contribution in [2.75, 3.05) is 0 Å². The van der Waals surface area contributed by atoms with Gasteiger partial charge in [0.05, 0.1) is 0 Å². The van der Waals surface area contributed by atoms with Crippen molar-refractivity contribution < 1.29 is 0 Å². The van der Waals surface area contributed by atoms with Crippen LogP contribution in [0, 0.1) is 12.3 Å². The van der Waals surface area contributed by atoms with E-state index >= 15 is 0 Å². The Hall–Kier alpha value is -1.48. The zero-order valence-electron chi connectivity index (χ0n) is 7.03. The molecule has 0 spiro atoms. The number of terminal acetylenes is 1. The van der Waals surface area contributed by atoms with Crippen LogP contribution in [-0.4, -0.2) is 0 Å². The van der Waals surface area contributed by atoms with E-state index in [1.165, 1.54) is 5.56 Å². The minimum atomic E-state index is 0.184. The number of hydrogen-bond donors (Lipinski definition) is 0. The summed E-state index contributed by atoms with van der Waals surface area (Å²) in [5, 5.41) is 0. The molecule has 1 aromatic rings. The Morgan fingerprint density at radius 2 is 2.08 bits per heavy atom. The zero-order valence-corrected chi connectivity index (χ0v) is 7.03. The fourth-order valence-corrected chi connectivity index (χ4v) is 1.15. The minimum absolute atomic E-state index is 0.184. The second-order valence-electron chi connectivity index (χ2n) is 2.65. The van der Waals surface area contributed by atoms with Gasteiger partial charge in [-0.25, -0.2) is 0 Å². The van der Waals surface area contributed by atoms with E-state index in [1.807, 2.05) is 36.4 Å². The minimum Gasteiger partial charge on any atom is -0.119 e. The van der Waals surface area contributed by atoms with Crippen LogP contribution in [-0.2, 0) is 0 Å². The summed E-state index contributed by atoms with van der Waals surface area (Å²) >= 11 is 0. The van der Waals surface area contributed by atoms with Gasteiger partial charge in [0.15, 0.2) is 0 Å². The van der Waals surface area contributed by atoms with E-state index in [4.69, 9.17) is 6.42 Å². The van der Waals surface area contributed by atoms with Gasteiger partial charge in [0, 0.05) is 5.92 Å². The van der Waals surface area contributed by atoms with Gasteiger partial charge >= 0.3 is 0 Å². The predicted molar refractivity (Wildman–Crippen MR) is 52.8 cm³/mol. The molecule has 12 heavy (non-hydrogen) atoms. The van der Waals surface area contributed by atoms with Crippen molar-refractivity contribution in [3.05, 3.63) is 48.6 Å². The van der Waals surface area contributed by atoms with Crippen molar-refractivity contribution in [3.63, 3.8) is 0 Å². The predicted octanol–water partition coefficient (Wildman–Crippen LogP) is 2.98. The highest BCUT2D eigenvalue weighted by Crippen LogP contribution is 2.17. The third-order valence-electron chi connectivity index (χ3n) is 1.81. The van der Waals surface area contributed by atoms with Gasteiger partial charge in [-0.2, -0.15) is 0 Å². The number of rotatable bonds is 3. The number of allylic oxidation sites excluding steroid dienone is 1. The summed E-state index contributed by atoms with van der Waals surface area (Å²) in [6.07, 6.45) is 8.10. The maximum Gasteiger partial charge on any atom is 0.0483 e. The van der Waals surface area contributed by atoms with E-state index in [2.05, 4.69) is 12.5 Å². The van der Waals surface area contributed by atoms with Crippen molar-refractivity contribution in [1.82, 2.24) is 0 Å². The zero-order chi connectivity index (χ0) is 8.81. The first-order valence-corrected chi connectivity index (χ1v) is 4.00. The van der Waals surface area contributed by atoms with Crippen molar-refractivity contribution in [1.29, 1.82) is 0 Å². The molecule has 0 fully saturated rings. The summed E-state index contributed by atoms with van der Waals surface area (Å²) in [7, 11) is 0. The van der Waals surface area contributed by atoms with Gasteiger partial charge in [0.25, 0.3) is 0 Å². The fourth-order valence-electron chi connectivity index (χ4n) is 1.15. The molecule has 0 aromatic heterocycles. The fraction of sp³-hybridized carbons (Fsp3) is 0.167. The number of benzene rings is 1. The third kappa shape index (κ3) is 2.00. The van der Waals surface area contributed by atoms with Crippen LogP contribution in [0.15, 0.2) is 43.0 Å². The Morgan fingerprint density at radius 1 is 1.42 bits per heavy atom. The highest BCUT2D eigenvalue weighted by Gasteiger charge is 2.03. The van der Waals surface area contributed by atoms with Gasteiger partial charge in [0.1, 0.15) is 0 Å². The quantitative estimate of drug-likeness (QED) is 0.466. The highest BCUT2D eigenvalue weighted by atomic mass is 14.1. The first-order chi connectivity index (χ1) is 5.88. The average Bonchev–Trinajstić information content (AvgIpc) is 2.15. The molecule has 0 aliphatic rings. The molecule has 0 heterocycles. The maximum absolute atomic E-state index is 5.39. The van der Waals surface area contributed by atoms with E-state index in [-0.39, 0.29) is 5.92 Å². The lowest BCUT2D eigenvalue weighted by Crippen LogP contribution is -1.92. The highest BCUT2D eigenvalue weighted by molar-refractivity contribution is 5.26. The van der Waals surface area contributed by atoms with Crippen LogP contribution < -0.4 is 0 Å². The van der Waals surface area contributed by atoms with Gasteiger partial charge in [-0.05, 0) is 12.0 Å². The van der Waals surface area contributed by atoms with Gasteiger partial charge in [0.2, 0.25) is 0 Å². The van der Waals surface area contributed by atoms with Crippen molar-refractivity contribution in [2.24, 2.45) is 0 Å². The van der Waals surface area contributed by atoms with Crippen molar-refractivity contribution >= 4 is 0 Å². The van der Waals surface area contributed by atoms with Crippen LogP contribution >= 0.6 is 0 Å². The maximum atomic E-state index is 5.39. The summed E-state index contributed by atoms with van der Waals surface area (Å²) in [6, 6.07) is 10.1. The molecule has 0 heteroatoms. The van der Waals surface area contributed by atoms with Gasteiger partial charge < -0.3 is 0 Å².